The lowest BCUT2D eigenvalue weighted by Gasteiger charge is -2.33. The summed E-state index contributed by atoms with van der Waals surface area (Å²) in [5.74, 6) is 2.68. The van der Waals surface area contributed by atoms with Crippen molar-refractivity contribution in [3.05, 3.63) is 24.3 Å². The van der Waals surface area contributed by atoms with E-state index in [1.54, 1.807) is 7.11 Å². The zero-order chi connectivity index (χ0) is 14.5. The monoisotopic (exact) mass is 290 g/mol. The fraction of sp³-hybridized carbons (Fsp3) is 0.647. The maximum absolute atomic E-state index is 6.08. The van der Waals surface area contributed by atoms with Crippen molar-refractivity contribution in [2.24, 2.45) is 5.92 Å². The maximum atomic E-state index is 6.08. The molecule has 0 unspecified atom stereocenters. The fourth-order valence-electron chi connectivity index (χ4n) is 3.29. The highest BCUT2D eigenvalue weighted by molar-refractivity contribution is 5.31. The van der Waals surface area contributed by atoms with Crippen LogP contribution in [0.1, 0.15) is 19.3 Å². The number of ether oxygens (including phenoxy) is 2. The molecule has 0 bridgehead atoms. The quantitative estimate of drug-likeness (QED) is 0.901. The Bertz CT molecular complexity index is 421. The summed E-state index contributed by atoms with van der Waals surface area (Å²) in [4.78, 5) is 2.60. The summed E-state index contributed by atoms with van der Waals surface area (Å²) >= 11 is 0. The molecular weight excluding hydrogens is 264 g/mol. The van der Waals surface area contributed by atoms with Crippen LogP contribution in [0.15, 0.2) is 24.3 Å². The van der Waals surface area contributed by atoms with Crippen LogP contribution in [-0.4, -0.2) is 50.8 Å². The number of hydrogen-bond acceptors (Lipinski definition) is 4. The van der Waals surface area contributed by atoms with Crippen molar-refractivity contribution >= 4 is 0 Å². The molecule has 0 aliphatic carbocycles. The molecule has 21 heavy (non-hydrogen) atoms. The molecular formula is C17H26N2O2. The first kappa shape index (κ1) is 14.7. The summed E-state index contributed by atoms with van der Waals surface area (Å²) in [7, 11) is 1.69. The second kappa shape index (κ2) is 7.14. The van der Waals surface area contributed by atoms with Gasteiger partial charge in [0.15, 0.2) is 0 Å². The number of benzene rings is 1. The molecule has 2 aliphatic heterocycles. The predicted octanol–water partition coefficient (Wildman–Crippen LogP) is 2.15. The summed E-state index contributed by atoms with van der Waals surface area (Å²) in [5.41, 5.74) is 0. The van der Waals surface area contributed by atoms with E-state index in [1.807, 2.05) is 24.3 Å². The maximum Gasteiger partial charge on any atom is 0.119 e. The molecule has 2 aliphatic rings. The highest BCUT2D eigenvalue weighted by atomic mass is 16.5. The first-order valence-corrected chi connectivity index (χ1v) is 8.07. The Labute approximate surface area is 127 Å². The van der Waals surface area contributed by atoms with Crippen molar-refractivity contribution in [1.82, 2.24) is 10.2 Å². The number of methoxy groups -OCH3 is 1. The van der Waals surface area contributed by atoms with Gasteiger partial charge in [0.2, 0.25) is 0 Å². The molecule has 4 nitrogen and oxygen atoms in total. The van der Waals surface area contributed by atoms with E-state index in [0.717, 1.165) is 43.3 Å². The first-order valence-electron chi connectivity index (χ1n) is 8.07. The average Bonchev–Trinajstić information content (AvgIpc) is 3.03. The topological polar surface area (TPSA) is 33.7 Å². The van der Waals surface area contributed by atoms with Gasteiger partial charge in [-0.3, -0.25) is 0 Å². The van der Waals surface area contributed by atoms with Gasteiger partial charge in [-0.15, -0.1) is 0 Å². The zero-order valence-corrected chi connectivity index (χ0v) is 12.9. The Morgan fingerprint density at radius 2 is 1.81 bits per heavy atom. The molecule has 116 valence electrons. The standard InChI is InChI=1S/C17H26N2O2/c1-20-15-2-4-16(5-3-15)21-17-7-10-19(11-8-17)13-14-6-9-18-12-14/h2-5,14,17-18H,6-13H2,1H3/t14-/m0/s1. The number of piperidine rings is 1. The lowest BCUT2D eigenvalue weighted by atomic mass is 10.0. The normalized spacial score (nSPS) is 24.1. The third kappa shape index (κ3) is 4.11. The van der Waals surface area contributed by atoms with Gasteiger partial charge in [0.05, 0.1) is 7.11 Å². The number of likely N-dealkylation sites (tertiary alicyclic amines) is 1. The van der Waals surface area contributed by atoms with Crippen LogP contribution in [0.3, 0.4) is 0 Å². The zero-order valence-electron chi connectivity index (χ0n) is 12.9. The van der Waals surface area contributed by atoms with Crippen molar-refractivity contribution in [1.29, 1.82) is 0 Å². The van der Waals surface area contributed by atoms with Crippen LogP contribution in [0.5, 0.6) is 11.5 Å². The lowest BCUT2D eigenvalue weighted by Crippen LogP contribution is -2.40. The third-order valence-electron chi connectivity index (χ3n) is 4.58. The van der Waals surface area contributed by atoms with Crippen molar-refractivity contribution in [2.45, 2.75) is 25.4 Å². The molecule has 1 atom stereocenters. The van der Waals surface area contributed by atoms with Crippen LogP contribution in [0, 0.1) is 5.92 Å². The van der Waals surface area contributed by atoms with Gasteiger partial charge in [-0.25, -0.2) is 0 Å². The van der Waals surface area contributed by atoms with Crippen LogP contribution in [0.2, 0.25) is 0 Å². The highest BCUT2D eigenvalue weighted by Crippen LogP contribution is 2.22. The minimum atomic E-state index is 0.358. The molecule has 4 heteroatoms. The van der Waals surface area contributed by atoms with E-state index in [0.29, 0.717) is 6.10 Å². The van der Waals surface area contributed by atoms with Crippen molar-refractivity contribution < 1.29 is 9.47 Å². The molecule has 3 rings (SSSR count). The summed E-state index contributed by atoms with van der Waals surface area (Å²) in [5, 5.41) is 3.45. The Morgan fingerprint density at radius 1 is 1.10 bits per heavy atom. The van der Waals surface area contributed by atoms with Crippen molar-refractivity contribution in [2.75, 3.05) is 39.8 Å². The summed E-state index contributed by atoms with van der Waals surface area (Å²) in [6.07, 6.45) is 3.96. The van der Waals surface area contributed by atoms with Gasteiger partial charge in [-0.1, -0.05) is 0 Å². The second-order valence-corrected chi connectivity index (χ2v) is 6.15. The molecule has 0 spiro atoms. The van der Waals surface area contributed by atoms with E-state index in [2.05, 4.69) is 10.2 Å². The van der Waals surface area contributed by atoms with Crippen LogP contribution in [-0.2, 0) is 0 Å². The van der Waals surface area contributed by atoms with Crippen molar-refractivity contribution in [3.63, 3.8) is 0 Å². The molecule has 1 aromatic rings. The van der Waals surface area contributed by atoms with Gasteiger partial charge in [0, 0.05) is 19.6 Å². The van der Waals surface area contributed by atoms with Crippen LogP contribution in [0.25, 0.3) is 0 Å². The smallest absolute Gasteiger partial charge is 0.119 e. The molecule has 1 N–H and O–H groups in total. The van der Waals surface area contributed by atoms with Crippen molar-refractivity contribution in [3.8, 4) is 11.5 Å². The van der Waals surface area contributed by atoms with Crippen LogP contribution in [0.4, 0.5) is 0 Å². The minimum Gasteiger partial charge on any atom is -0.497 e. The molecule has 0 saturated carbocycles. The van der Waals surface area contributed by atoms with E-state index in [9.17, 15) is 0 Å². The first-order chi connectivity index (χ1) is 10.3. The van der Waals surface area contributed by atoms with E-state index >= 15 is 0 Å². The highest BCUT2D eigenvalue weighted by Gasteiger charge is 2.24. The van der Waals surface area contributed by atoms with Crippen LogP contribution < -0.4 is 14.8 Å². The molecule has 2 heterocycles. The minimum absolute atomic E-state index is 0.358. The van der Waals surface area contributed by atoms with E-state index in [4.69, 9.17) is 9.47 Å². The molecule has 0 amide bonds. The molecule has 1 aromatic carbocycles. The number of nitrogens with zero attached hydrogens (tertiary/aromatic N) is 1. The number of rotatable bonds is 5. The summed E-state index contributed by atoms with van der Waals surface area (Å²) < 4.78 is 11.2. The van der Waals surface area contributed by atoms with Gasteiger partial charge in [0.1, 0.15) is 17.6 Å². The van der Waals surface area contributed by atoms with Gasteiger partial charge < -0.3 is 19.7 Å². The Hall–Kier alpha value is -1.26. The second-order valence-electron chi connectivity index (χ2n) is 6.15. The largest absolute Gasteiger partial charge is 0.497 e. The van der Waals surface area contributed by atoms with E-state index in [-0.39, 0.29) is 0 Å². The summed E-state index contributed by atoms with van der Waals surface area (Å²) in [6, 6.07) is 7.90. The lowest BCUT2D eigenvalue weighted by molar-refractivity contribution is 0.0927. The summed E-state index contributed by atoms with van der Waals surface area (Å²) in [6.45, 7) is 5.97. The van der Waals surface area contributed by atoms with Gasteiger partial charge >= 0.3 is 0 Å². The van der Waals surface area contributed by atoms with Crippen LogP contribution >= 0.6 is 0 Å². The number of nitrogens with one attached hydrogen (secondary N) is 1. The van der Waals surface area contributed by atoms with Gasteiger partial charge in [0.25, 0.3) is 0 Å². The van der Waals surface area contributed by atoms with Gasteiger partial charge in [-0.2, -0.15) is 0 Å². The molecule has 2 saturated heterocycles. The molecule has 0 radical (unpaired) electrons. The fourth-order valence-corrected chi connectivity index (χ4v) is 3.29. The average molecular weight is 290 g/mol. The SMILES string of the molecule is COc1ccc(OC2CCN(C[C@H]3CCNC3)CC2)cc1. The van der Waals surface area contributed by atoms with E-state index < -0.39 is 0 Å². The predicted molar refractivity (Wildman–Crippen MR) is 84.1 cm³/mol. The van der Waals surface area contributed by atoms with E-state index in [1.165, 1.54) is 26.1 Å². The third-order valence-corrected chi connectivity index (χ3v) is 4.58. The number of hydrogen-bond donors (Lipinski definition) is 1. The Balaban J connectivity index is 1.42. The Kier molecular flexibility index (Phi) is 4.99. The Morgan fingerprint density at radius 3 is 2.43 bits per heavy atom. The molecule has 2 fully saturated rings. The van der Waals surface area contributed by atoms with Gasteiger partial charge in [-0.05, 0) is 62.5 Å². The molecule has 0 aromatic heterocycles.